The van der Waals surface area contributed by atoms with Gasteiger partial charge in [0.05, 0.1) is 10.7 Å². The van der Waals surface area contributed by atoms with Crippen LogP contribution in [0.1, 0.15) is 5.56 Å². The maximum Gasteiger partial charge on any atom is 0.119 e. The molecule has 0 unspecified atom stereocenters. The van der Waals surface area contributed by atoms with Crippen LogP contribution in [0.25, 0.3) is 0 Å². The van der Waals surface area contributed by atoms with E-state index >= 15 is 0 Å². The van der Waals surface area contributed by atoms with Crippen molar-refractivity contribution >= 4 is 28.9 Å². The van der Waals surface area contributed by atoms with Gasteiger partial charge in [0, 0.05) is 11.6 Å². The molecule has 2 nitrogen and oxygen atoms in total. The van der Waals surface area contributed by atoms with E-state index in [4.69, 9.17) is 27.9 Å². The van der Waals surface area contributed by atoms with Gasteiger partial charge >= 0.3 is 0 Å². The van der Waals surface area contributed by atoms with Crippen LogP contribution < -0.4 is 10.1 Å². The number of benzene rings is 2. The lowest BCUT2D eigenvalue weighted by Gasteiger charge is -2.10. The van der Waals surface area contributed by atoms with Gasteiger partial charge in [-0.15, -0.1) is 0 Å². The van der Waals surface area contributed by atoms with Gasteiger partial charge in [-0.3, -0.25) is 0 Å². The monoisotopic (exact) mass is 295 g/mol. The van der Waals surface area contributed by atoms with Crippen LogP contribution in [0, 0.1) is 6.92 Å². The number of aryl methyl sites for hydroxylation is 1. The summed E-state index contributed by atoms with van der Waals surface area (Å²) < 4.78 is 5.64. The molecule has 0 saturated carbocycles. The summed E-state index contributed by atoms with van der Waals surface area (Å²) in [4.78, 5) is 0. The number of hydrogen-bond donors (Lipinski definition) is 1. The zero-order chi connectivity index (χ0) is 13.7. The Morgan fingerprint density at radius 1 is 1.11 bits per heavy atom. The molecule has 0 saturated heterocycles. The second kappa shape index (κ2) is 6.69. The molecule has 0 atom stereocenters. The van der Waals surface area contributed by atoms with Crippen molar-refractivity contribution in [2.24, 2.45) is 0 Å². The minimum Gasteiger partial charge on any atom is -0.492 e. The van der Waals surface area contributed by atoms with Gasteiger partial charge in [-0.1, -0.05) is 35.3 Å². The summed E-state index contributed by atoms with van der Waals surface area (Å²) in [5.74, 6) is 0.874. The first-order chi connectivity index (χ1) is 9.15. The lowest BCUT2D eigenvalue weighted by atomic mass is 10.2. The van der Waals surface area contributed by atoms with Gasteiger partial charge in [0.15, 0.2) is 0 Å². The minimum atomic E-state index is 0.562. The SMILES string of the molecule is Cc1cccc(OCCNc2cc(Cl)ccc2Cl)c1. The van der Waals surface area contributed by atoms with Crippen LogP contribution in [0.5, 0.6) is 5.75 Å². The number of anilines is 1. The van der Waals surface area contributed by atoms with Gasteiger partial charge in [-0.05, 0) is 42.8 Å². The normalized spacial score (nSPS) is 10.3. The van der Waals surface area contributed by atoms with Gasteiger partial charge in [-0.25, -0.2) is 0 Å². The lowest BCUT2D eigenvalue weighted by molar-refractivity contribution is 0.332. The predicted octanol–water partition coefficient (Wildman–Crippen LogP) is 4.79. The molecule has 0 aliphatic heterocycles. The van der Waals surface area contributed by atoms with Crippen LogP contribution in [-0.4, -0.2) is 13.2 Å². The highest BCUT2D eigenvalue weighted by molar-refractivity contribution is 6.35. The van der Waals surface area contributed by atoms with Crippen LogP contribution >= 0.6 is 23.2 Å². The summed E-state index contributed by atoms with van der Waals surface area (Å²) in [7, 11) is 0. The van der Waals surface area contributed by atoms with Gasteiger partial charge in [0.2, 0.25) is 0 Å². The van der Waals surface area contributed by atoms with Crippen molar-refractivity contribution in [3.63, 3.8) is 0 Å². The van der Waals surface area contributed by atoms with Crippen molar-refractivity contribution in [2.75, 3.05) is 18.5 Å². The standard InChI is InChI=1S/C15H15Cl2NO/c1-11-3-2-4-13(9-11)19-8-7-18-15-10-12(16)5-6-14(15)17/h2-6,9-10,18H,7-8H2,1H3. The molecular weight excluding hydrogens is 281 g/mol. The zero-order valence-electron chi connectivity index (χ0n) is 10.6. The fourth-order valence-electron chi connectivity index (χ4n) is 1.69. The Kier molecular flexibility index (Phi) is 4.94. The number of ether oxygens (including phenoxy) is 1. The molecule has 0 bridgehead atoms. The zero-order valence-corrected chi connectivity index (χ0v) is 12.1. The summed E-state index contributed by atoms with van der Waals surface area (Å²) in [5.41, 5.74) is 2.00. The minimum absolute atomic E-state index is 0.562. The van der Waals surface area contributed by atoms with Gasteiger partial charge in [0.25, 0.3) is 0 Å². The molecule has 0 aliphatic rings. The number of rotatable bonds is 5. The first-order valence-corrected chi connectivity index (χ1v) is 6.79. The quantitative estimate of drug-likeness (QED) is 0.801. The van der Waals surface area contributed by atoms with E-state index in [-0.39, 0.29) is 0 Å². The molecule has 19 heavy (non-hydrogen) atoms. The highest BCUT2D eigenvalue weighted by Gasteiger charge is 2.00. The van der Waals surface area contributed by atoms with E-state index in [1.165, 1.54) is 5.56 Å². The van der Waals surface area contributed by atoms with Crippen molar-refractivity contribution in [1.82, 2.24) is 0 Å². The first-order valence-electron chi connectivity index (χ1n) is 6.03. The van der Waals surface area contributed by atoms with Crippen LogP contribution in [0.15, 0.2) is 42.5 Å². The molecule has 0 radical (unpaired) electrons. The molecule has 4 heteroatoms. The molecule has 0 amide bonds. The Bertz CT molecular complexity index is 558. The van der Waals surface area contributed by atoms with Crippen LogP contribution in [-0.2, 0) is 0 Å². The number of hydrogen-bond acceptors (Lipinski definition) is 2. The van der Waals surface area contributed by atoms with E-state index in [0.29, 0.717) is 23.2 Å². The van der Waals surface area contributed by atoms with E-state index in [1.54, 1.807) is 18.2 Å². The Morgan fingerprint density at radius 3 is 2.74 bits per heavy atom. The Hall–Kier alpha value is -1.38. The van der Waals surface area contributed by atoms with Crippen molar-refractivity contribution in [3.8, 4) is 5.75 Å². The molecule has 2 aromatic carbocycles. The fraction of sp³-hybridized carbons (Fsp3) is 0.200. The van der Waals surface area contributed by atoms with Crippen LogP contribution in [0.4, 0.5) is 5.69 Å². The predicted molar refractivity (Wildman–Crippen MR) is 81.6 cm³/mol. The van der Waals surface area contributed by atoms with Gasteiger partial charge in [0.1, 0.15) is 12.4 Å². The van der Waals surface area contributed by atoms with Crippen molar-refractivity contribution in [1.29, 1.82) is 0 Å². The van der Waals surface area contributed by atoms with E-state index in [1.807, 2.05) is 31.2 Å². The molecule has 0 aromatic heterocycles. The van der Waals surface area contributed by atoms with Gasteiger partial charge in [-0.2, -0.15) is 0 Å². The van der Waals surface area contributed by atoms with Crippen LogP contribution in [0.3, 0.4) is 0 Å². The molecule has 2 aromatic rings. The third-order valence-electron chi connectivity index (χ3n) is 2.60. The maximum atomic E-state index is 6.05. The van der Waals surface area contributed by atoms with E-state index in [0.717, 1.165) is 11.4 Å². The van der Waals surface area contributed by atoms with Crippen molar-refractivity contribution in [3.05, 3.63) is 58.1 Å². The van der Waals surface area contributed by atoms with Crippen LogP contribution in [0.2, 0.25) is 10.0 Å². The Labute approximate surface area is 123 Å². The smallest absolute Gasteiger partial charge is 0.119 e. The molecule has 1 N–H and O–H groups in total. The second-order valence-corrected chi connectivity index (χ2v) is 5.06. The van der Waals surface area contributed by atoms with Crippen molar-refractivity contribution < 1.29 is 4.74 Å². The van der Waals surface area contributed by atoms with Crippen molar-refractivity contribution in [2.45, 2.75) is 6.92 Å². The van der Waals surface area contributed by atoms with E-state index in [9.17, 15) is 0 Å². The Balaban J connectivity index is 1.82. The molecular formula is C15H15Cl2NO. The third kappa shape index (κ3) is 4.34. The largest absolute Gasteiger partial charge is 0.492 e. The molecule has 0 fully saturated rings. The van der Waals surface area contributed by atoms with Gasteiger partial charge < -0.3 is 10.1 Å². The average molecular weight is 296 g/mol. The third-order valence-corrected chi connectivity index (χ3v) is 3.17. The highest BCUT2D eigenvalue weighted by Crippen LogP contribution is 2.25. The number of nitrogens with one attached hydrogen (secondary N) is 1. The fourth-order valence-corrected chi connectivity index (χ4v) is 2.05. The second-order valence-electron chi connectivity index (χ2n) is 4.22. The topological polar surface area (TPSA) is 21.3 Å². The van der Waals surface area contributed by atoms with E-state index in [2.05, 4.69) is 5.32 Å². The first kappa shape index (κ1) is 14.0. The summed E-state index contributed by atoms with van der Waals surface area (Å²) in [6.07, 6.45) is 0. The molecule has 2 rings (SSSR count). The van der Waals surface area contributed by atoms with E-state index < -0.39 is 0 Å². The lowest BCUT2D eigenvalue weighted by Crippen LogP contribution is -2.11. The summed E-state index contributed by atoms with van der Waals surface area (Å²) in [6, 6.07) is 13.3. The molecule has 0 aliphatic carbocycles. The maximum absolute atomic E-state index is 6.05. The molecule has 0 spiro atoms. The summed E-state index contributed by atoms with van der Waals surface area (Å²) >= 11 is 12.0. The average Bonchev–Trinajstić information content (AvgIpc) is 2.39. The highest BCUT2D eigenvalue weighted by atomic mass is 35.5. The molecule has 0 heterocycles. The Morgan fingerprint density at radius 2 is 1.95 bits per heavy atom. The number of halogens is 2. The summed E-state index contributed by atoms with van der Waals surface area (Å²) in [6.45, 7) is 3.26. The molecule has 100 valence electrons. The summed E-state index contributed by atoms with van der Waals surface area (Å²) in [5, 5.41) is 4.51.